The molecule has 2 unspecified atom stereocenters. The number of nitrogens with zero attached hydrogens (tertiary/aromatic N) is 1. The molecule has 1 aromatic rings. The number of halogens is 2. The molecule has 1 aromatic carbocycles. The quantitative estimate of drug-likeness (QED) is 0.337. The maximum absolute atomic E-state index is 12.0. The van der Waals surface area contributed by atoms with Crippen LogP contribution in [0.15, 0.2) is 29.8 Å². The second-order valence-corrected chi connectivity index (χ2v) is 6.79. The van der Waals surface area contributed by atoms with Gasteiger partial charge in [0.15, 0.2) is 0 Å². The van der Waals surface area contributed by atoms with Gasteiger partial charge in [-0.05, 0) is 43.0 Å². The third-order valence-electron chi connectivity index (χ3n) is 3.69. The highest BCUT2D eigenvalue weighted by Crippen LogP contribution is 2.36. The molecule has 0 heterocycles. The van der Waals surface area contributed by atoms with Crippen LogP contribution in [-0.2, 0) is 20.8 Å². The van der Waals surface area contributed by atoms with Gasteiger partial charge in [0.2, 0.25) is 0 Å². The summed E-state index contributed by atoms with van der Waals surface area (Å²) in [6, 6.07) is 4.51. The van der Waals surface area contributed by atoms with E-state index < -0.39 is 11.3 Å². The lowest BCUT2D eigenvalue weighted by atomic mass is 9.92. The van der Waals surface area contributed by atoms with Gasteiger partial charge in [-0.3, -0.25) is 13.7 Å². The first kappa shape index (κ1) is 18.3. The molecule has 0 radical (unpaired) electrons. The third-order valence-corrected chi connectivity index (χ3v) is 5.03. The van der Waals surface area contributed by atoms with Crippen molar-refractivity contribution in [3.05, 3.63) is 39.9 Å². The average Bonchev–Trinajstić information content (AvgIpc) is 2.52. The fraction of sp³-hybridized carbons (Fsp3) is 0.400. The summed E-state index contributed by atoms with van der Waals surface area (Å²) in [4.78, 5) is 10.3. The fourth-order valence-electron chi connectivity index (χ4n) is 2.70. The SMILES string of the molecule is O=COCCC1=CCCCC1N(c1cc(Cl)ccc1Cl)S(=O)O. The summed E-state index contributed by atoms with van der Waals surface area (Å²) in [6.07, 6.45) is 5.04. The van der Waals surface area contributed by atoms with Crippen LogP contribution in [-0.4, -0.2) is 27.9 Å². The monoisotopic (exact) mass is 377 g/mol. The molecular weight excluding hydrogens is 361 g/mol. The van der Waals surface area contributed by atoms with Crippen molar-refractivity contribution >= 4 is 46.6 Å². The molecule has 0 fully saturated rings. The molecule has 1 aliphatic carbocycles. The molecule has 0 spiro atoms. The normalized spacial score (nSPS) is 18.9. The summed E-state index contributed by atoms with van der Waals surface area (Å²) < 4.78 is 27.9. The maximum Gasteiger partial charge on any atom is 0.293 e. The van der Waals surface area contributed by atoms with Gasteiger partial charge in [-0.2, -0.15) is 0 Å². The van der Waals surface area contributed by atoms with Crippen LogP contribution in [0.3, 0.4) is 0 Å². The van der Waals surface area contributed by atoms with Gasteiger partial charge in [0.05, 0.1) is 23.4 Å². The van der Waals surface area contributed by atoms with Gasteiger partial charge in [0, 0.05) is 11.4 Å². The molecule has 23 heavy (non-hydrogen) atoms. The van der Waals surface area contributed by atoms with Gasteiger partial charge < -0.3 is 4.74 Å². The number of hydrogen-bond donors (Lipinski definition) is 1. The van der Waals surface area contributed by atoms with Crippen LogP contribution in [0, 0.1) is 0 Å². The maximum atomic E-state index is 12.0. The number of ether oxygens (including phenoxy) is 1. The number of benzene rings is 1. The highest BCUT2D eigenvalue weighted by molar-refractivity contribution is 7.80. The molecule has 0 aromatic heterocycles. The zero-order valence-electron chi connectivity index (χ0n) is 12.3. The van der Waals surface area contributed by atoms with Crippen molar-refractivity contribution in [3.8, 4) is 0 Å². The standard InChI is InChI=1S/C15H17Cl2NO4S/c16-12-5-6-13(17)15(9-12)18(23(20)21)14-4-2-1-3-11(14)7-8-22-10-19/h3,5-6,9-10,14H,1-2,4,7-8H2,(H,20,21). The van der Waals surface area contributed by atoms with Crippen molar-refractivity contribution in [2.75, 3.05) is 10.9 Å². The Labute approximate surface area is 147 Å². The fourth-order valence-corrected chi connectivity index (χ4v) is 3.90. The van der Waals surface area contributed by atoms with E-state index in [2.05, 4.69) is 0 Å². The average molecular weight is 378 g/mol. The molecule has 0 aliphatic heterocycles. The van der Waals surface area contributed by atoms with Gasteiger partial charge >= 0.3 is 0 Å². The zero-order valence-corrected chi connectivity index (χ0v) is 14.6. The number of anilines is 1. The van der Waals surface area contributed by atoms with E-state index in [1.54, 1.807) is 18.2 Å². The minimum atomic E-state index is -2.26. The Bertz CT molecular complexity index is 623. The second-order valence-electron chi connectivity index (χ2n) is 5.10. The Balaban J connectivity index is 2.33. The molecule has 2 atom stereocenters. The topological polar surface area (TPSA) is 66.8 Å². The van der Waals surface area contributed by atoms with E-state index in [1.807, 2.05) is 6.08 Å². The molecule has 2 rings (SSSR count). The Morgan fingerprint density at radius 1 is 1.43 bits per heavy atom. The number of hydrogen-bond acceptors (Lipinski definition) is 3. The summed E-state index contributed by atoms with van der Waals surface area (Å²) in [5, 5.41) is 0.788. The number of carbonyl (C=O) groups excluding carboxylic acids is 1. The van der Waals surface area contributed by atoms with Crippen molar-refractivity contribution in [1.29, 1.82) is 0 Å². The van der Waals surface area contributed by atoms with Crippen LogP contribution in [0.4, 0.5) is 5.69 Å². The molecule has 1 aliphatic rings. The van der Waals surface area contributed by atoms with Crippen molar-refractivity contribution < 1.29 is 18.3 Å². The predicted octanol–water partition coefficient (Wildman–Crippen LogP) is 3.98. The minimum absolute atomic E-state index is 0.237. The lowest BCUT2D eigenvalue weighted by Crippen LogP contribution is -2.39. The van der Waals surface area contributed by atoms with Gasteiger partial charge in [0.25, 0.3) is 17.7 Å². The van der Waals surface area contributed by atoms with Crippen molar-refractivity contribution in [2.24, 2.45) is 0 Å². The van der Waals surface area contributed by atoms with E-state index >= 15 is 0 Å². The van der Waals surface area contributed by atoms with E-state index in [-0.39, 0.29) is 12.6 Å². The van der Waals surface area contributed by atoms with Crippen molar-refractivity contribution in [2.45, 2.75) is 31.7 Å². The molecule has 0 bridgehead atoms. The summed E-state index contributed by atoms with van der Waals surface area (Å²) >= 11 is 9.94. The molecule has 0 saturated carbocycles. The van der Waals surface area contributed by atoms with Crippen molar-refractivity contribution in [1.82, 2.24) is 0 Å². The zero-order chi connectivity index (χ0) is 16.8. The molecule has 0 saturated heterocycles. The second kappa shape index (κ2) is 8.68. The smallest absolute Gasteiger partial charge is 0.293 e. The van der Waals surface area contributed by atoms with Crippen LogP contribution in [0.5, 0.6) is 0 Å². The summed E-state index contributed by atoms with van der Waals surface area (Å²) in [5.41, 5.74) is 1.37. The van der Waals surface area contributed by atoms with E-state index in [0.717, 1.165) is 18.4 Å². The highest BCUT2D eigenvalue weighted by Gasteiger charge is 2.30. The first-order valence-electron chi connectivity index (χ1n) is 7.14. The third kappa shape index (κ3) is 4.70. The van der Waals surface area contributed by atoms with Crippen LogP contribution < -0.4 is 4.31 Å². The number of carbonyl (C=O) groups is 1. The summed E-state index contributed by atoms with van der Waals surface area (Å²) in [7, 11) is 0. The Morgan fingerprint density at radius 3 is 2.91 bits per heavy atom. The van der Waals surface area contributed by atoms with Crippen molar-refractivity contribution in [3.63, 3.8) is 0 Å². The van der Waals surface area contributed by atoms with Crippen LogP contribution in [0.25, 0.3) is 0 Å². The highest BCUT2D eigenvalue weighted by atomic mass is 35.5. The van der Waals surface area contributed by atoms with Crippen LogP contribution in [0.1, 0.15) is 25.7 Å². The van der Waals surface area contributed by atoms with Crippen LogP contribution >= 0.6 is 23.2 Å². The van der Waals surface area contributed by atoms with E-state index in [1.165, 1.54) is 4.31 Å². The molecule has 8 heteroatoms. The van der Waals surface area contributed by atoms with Gasteiger partial charge in [-0.25, -0.2) is 4.21 Å². The summed E-state index contributed by atoms with van der Waals surface area (Å²) in [5.74, 6) is 0. The lowest BCUT2D eigenvalue weighted by molar-refractivity contribution is -0.128. The van der Waals surface area contributed by atoms with E-state index in [9.17, 15) is 13.6 Å². The van der Waals surface area contributed by atoms with E-state index in [4.69, 9.17) is 27.9 Å². The number of rotatable bonds is 7. The minimum Gasteiger partial charge on any atom is -0.468 e. The molecule has 5 nitrogen and oxygen atoms in total. The van der Waals surface area contributed by atoms with Gasteiger partial charge in [0.1, 0.15) is 0 Å². The molecule has 1 N–H and O–H groups in total. The Kier molecular flexibility index (Phi) is 6.89. The largest absolute Gasteiger partial charge is 0.468 e. The Hall–Kier alpha value is -1.08. The lowest BCUT2D eigenvalue weighted by Gasteiger charge is -2.34. The van der Waals surface area contributed by atoms with Gasteiger partial charge in [-0.1, -0.05) is 29.3 Å². The molecule has 126 valence electrons. The van der Waals surface area contributed by atoms with Crippen LogP contribution in [0.2, 0.25) is 10.0 Å². The van der Waals surface area contributed by atoms with E-state index in [0.29, 0.717) is 35.0 Å². The number of allylic oxidation sites excluding steroid dienone is 1. The summed E-state index contributed by atoms with van der Waals surface area (Å²) in [6.45, 7) is 0.634. The molecule has 0 amide bonds. The van der Waals surface area contributed by atoms with Gasteiger partial charge in [-0.15, -0.1) is 0 Å². The Morgan fingerprint density at radius 2 is 2.22 bits per heavy atom. The first-order valence-corrected chi connectivity index (χ1v) is 8.96. The predicted molar refractivity (Wildman–Crippen MR) is 92.1 cm³/mol. The molecular formula is C15H17Cl2NO4S. The first-order chi connectivity index (χ1) is 11.0.